The number of aliphatic carboxylic acids is 1. The van der Waals surface area contributed by atoms with Crippen LogP contribution in [0.15, 0.2) is 0 Å². The summed E-state index contributed by atoms with van der Waals surface area (Å²) < 4.78 is 0. The maximum Gasteiger partial charge on any atom is 0.325 e. The highest BCUT2D eigenvalue weighted by molar-refractivity contribution is 7.99. The number of nitrogens with one attached hydrogen (secondary N) is 1. The highest BCUT2D eigenvalue weighted by Crippen LogP contribution is 2.20. The number of hydrogen-bond donors (Lipinski definition) is 2. The van der Waals surface area contributed by atoms with Crippen molar-refractivity contribution in [3.05, 3.63) is 0 Å². The quantitative estimate of drug-likeness (QED) is 0.705. The van der Waals surface area contributed by atoms with Crippen LogP contribution in [0.4, 0.5) is 4.79 Å². The predicted octanol–water partition coefficient (Wildman–Crippen LogP) is 0.209. The summed E-state index contributed by atoms with van der Waals surface area (Å²) in [5.74, 6) is 0.678. The Morgan fingerprint density at radius 3 is 2.71 bits per heavy atom. The lowest BCUT2D eigenvalue weighted by Crippen LogP contribution is -2.48. The van der Waals surface area contributed by atoms with Gasteiger partial charge in [0, 0.05) is 37.2 Å². The minimum atomic E-state index is -0.852. The summed E-state index contributed by atoms with van der Waals surface area (Å²) >= 11 is 1.74. The smallest absolute Gasteiger partial charge is 0.325 e. The molecule has 8 heteroatoms. The second kappa shape index (κ2) is 6.23. The fraction of sp³-hybridized carbons (Fsp3) is 0.769. The summed E-state index contributed by atoms with van der Waals surface area (Å²) in [4.78, 5) is 38.1. The average Bonchev–Trinajstić information content (AvgIpc) is 2.58. The van der Waals surface area contributed by atoms with Crippen molar-refractivity contribution in [1.29, 1.82) is 0 Å². The summed E-state index contributed by atoms with van der Waals surface area (Å²) in [5, 5.41) is 11.6. The molecule has 0 aliphatic carbocycles. The first-order valence-corrected chi connectivity index (χ1v) is 8.14. The largest absolute Gasteiger partial charge is 0.481 e. The van der Waals surface area contributed by atoms with Gasteiger partial charge >= 0.3 is 12.0 Å². The molecular formula is C13H21N3O4S. The third-order valence-electron chi connectivity index (χ3n) is 3.81. The number of carboxylic acid groups (broad SMARTS) is 1. The maximum absolute atomic E-state index is 12.1. The molecule has 0 aromatic heterocycles. The first-order chi connectivity index (χ1) is 9.81. The van der Waals surface area contributed by atoms with Crippen LogP contribution in [0.25, 0.3) is 0 Å². The monoisotopic (exact) mass is 315 g/mol. The van der Waals surface area contributed by atoms with E-state index in [2.05, 4.69) is 10.2 Å². The Morgan fingerprint density at radius 2 is 2.14 bits per heavy atom. The second-order valence-electron chi connectivity index (χ2n) is 5.87. The van der Waals surface area contributed by atoms with E-state index in [0.29, 0.717) is 13.1 Å². The van der Waals surface area contributed by atoms with Crippen LogP contribution in [-0.4, -0.2) is 75.5 Å². The molecule has 2 fully saturated rings. The molecule has 2 aliphatic heterocycles. The molecule has 2 aliphatic rings. The Kier molecular flexibility index (Phi) is 4.77. The minimum Gasteiger partial charge on any atom is -0.481 e. The van der Waals surface area contributed by atoms with E-state index < -0.39 is 11.5 Å². The lowest BCUT2D eigenvalue weighted by Gasteiger charge is -2.35. The predicted molar refractivity (Wildman–Crippen MR) is 79.3 cm³/mol. The van der Waals surface area contributed by atoms with E-state index in [0.717, 1.165) is 18.1 Å². The van der Waals surface area contributed by atoms with E-state index in [1.165, 1.54) is 4.90 Å². The van der Waals surface area contributed by atoms with Crippen LogP contribution in [0.2, 0.25) is 0 Å². The minimum absolute atomic E-state index is 0.0324. The number of imide groups is 1. The SMILES string of the molecule is CC1(C)NC(=O)N(CCN2CCSCC2CC(=O)O)C1=O. The molecule has 0 radical (unpaired) electrons. The first-order valence-electron chi connectivity index (χ1n) is 6.99. The molecule has 0 aromatic rings. The van der Waals surface area contributed by atoms with Gasteiger partial charge in [-0.3, -0.25) is 19.4 Å². The topological polar surface area (TPSA) is 90.0 Å². The van der Waals surface area contributed by atoms with Gasteiger partial charge in [0.1, 0.15) is 5.54 Å². The van der Waals surface area contributed by atoms with Crippen molar-refractivity contribution in [2.75, 3.05) is 31.1 Å². The van der Waals surface area contributed by atoms with Crippen LogP contribution in [-0.2, 0) is 9.59 Å². The second-order valence-corrected chi connectivity index (χ2v) is 7.02. The van der Waals surface area contributed by atoms with Gasteiger partial charge in [-0.15, -0.1) is 0 Å². The molecule has 1 atom stereocenters. The third-order valence-corrected chi connectivity index (χ3v) is 4.91. The third kappa shape index (κ3) is 3.68. The van der Waals surface area contributed by atoms with Crippen LogP contribution in [0.5, 0.6) is 0 Å². The van der Waals surface area contributed by atoms with Crippen LogP contribution in [0.1, 0.15) is 20.3 Å². The Balaban J connectivity index is 1.93. The molecule has 2 rings (SSSR count). The standard InChI is InChI=1S/C13H21N3O4S/c1-13(2)11(19)16(12(20)14-13)4-3-15-5-6-21-8-9(15)7-10(17)18/h9H,3-8H2,1-2H3,(H,14,20)(H,17,18). The molecule has 118 valence electrons. The Bertz CT molecular complexity index is 455. The van der Waals surface area contributed by atoms with Gasteiger partial charge in [0.25, 0.3) is 5.91 Å². The summed E-state index contributed by atoms with van der Waals surface area (Å²) in [5.41, 5.74) is -0.852. The number of carbonyl (C=O) groups is 3. The normalized spacial score (nSPS) is 26.0. The van der Waals surface area contributed by atoms with Crippen molar-refractivity contribution in [2.24, 2.45) is 0 Å². The van der Waals surface area contributed by atoms with E-state index in [1.54, 1.807) is 25.6 Å². The molecule has 0 aromatic carbocycles. The Hall–Kier alpha value is -1.28. The zero-order chi connectivity index (χ0) is 15.6. The zero-order valence-electron chi connectivity index (χ0n) is 12.3. The van der Waals surface area contributed by atoms with Crippen molar-refractivity contribution >= 4 is 29.7 Å². The van der Waals surface area contributed by atoms with Crippen molar-refractivity contribution < 1.29 is 19.5 Å². The van der Waals surface area contributed by atoms with Crippen LogP contribution >= 0.6 is 11.8 Å². The van der Waals surface area contributed by atoms with Gasteiger partial charge in [0.15, 0.2) is 0 Å². The average molecular weight is 315 g/mol. The van der Waals surface area contributed by atoms with E-state index >= 15 is 0 Å². The molecule has 0 saturated carbocycles. The number of rotatable bonds is 5. The maximum atomic E-state index is 12.1. The molecule has 2 saturated heterocycles. The van der Waals surface area contributed by atoms with E-state index in [9.17, 15) is 14.4 Å². The van der Waals surface area contributed by atoms with E-state index in [4.69, 9.17) is 5.11 Å². The van der Waals surface area contributed by atoms with E-state index in [1.807, 2.05) is 0 Å². The lowest BCUT2D eigenvalue weighted by atomic mass is 10.1. The highest BCUT2D eigenvalue weighted by atomic mass is 32.2. The number of hydrogen-bond acceptors (Lipinski definition) is 5. The molecule has 0 bridgehead atoms. The molecule has 21 heavy (non-hydrogen) atoms. The number of urea groups is 1. The number of carboxylic acids is 1. The fourth-order valence-corrected chi connectivity index (χ4v) is 3.75. The van der Waals surface area contributed by atoms with Crippen molar-refractivity contribution in [1.82, 2.24) is 15.1 Å². The molecular weight excluding hydrogens is 294 g/mol. The summed E-state index contributed by atoms with van der Waals surface area (Å²) in [6.07, 6.45) is 0.0959. The number of carbonyl (C=O) groups excluding carboxylic acids is 2. The van der Waals surface area contributed by atoms with E-state index in [-0.39, 0.29) is 24.4 Å². The Morgan fingerprint density at radius 1 is 1.43 bits per heavy atom. The van der Waals surface area contributed by atoms with Crippen molar-refractivity contribution in [3.63, 3.8) is 0 Å². The summed E-state index contributed by atoms with van der Waals surface area (Å²) in [6, 6.07) is -0.402. The number of amides is 3. The van der Waals surface area contributed by atoms with Crippen LogP contribution in [0.3, 0.4) is 0 Å². The molecule has 1 unspecified atom stereocenters. The summed E-state index contributed by atoms with van der Waals surface area (Å²) in [6.45, 7) is 4.97. The Labute approximate surface area is 128 Å². The summed E-state index contributed by atoms with van der Waals surface area (Å²) in [7, 11) is 0. The molecule has 3 amide bonds. The number of nitrogens with zero attached hydrogens (tertiary/aromatic N) is 2. The highest BCUT2D eigenvalue weighted by Gasteiger charge is 2.44. The van der Waals surface area contributed by atoms with Crippen LogP contribution < -0.4 is 5.32 Å². The molecule has 7 nitrogen and oxygen atoms in total. The lowest BCUT2D eigenvalue weighted by molar-refractivity contribution is -0.138. The van der Waals surface area contributed by atoms with Gasteiger partial charge in [0.2, 0.25) is 0 Å². The van der Waals surface area contributed by atoms with Gasteiger partial charge in [0.05, 0.1) is 6.42 Å². The van der Waals surface area contributed by atoms with Gasteiger partial charge < -0.3 is 10.4 Å². The number of thioether (sulfide) groups is 1. The van der Waals surface area contributed by atoms with Crippen LogP contribution in [0, 0.1) is 0 Å². The van der Waals surface area contributed by atoms with Crippen molar-refractivity contribution in [3.8, 4) is 0 Å². The van der Waals surface area contributed by atoms with Gasteiger partial charge in [-0.25, -0.2) is 4.79 Å². The molecule has 2 N–H and O–H groups in total. The molecule has 2 heterocycles. The fourth-order valence-electron chi connectivity index (χ4n) is 2.62. The zero-order valence-corrected chi connectivity index (χ0v) is 13.1. The molecule has 0 spiro atoms. The van der Waals surface area contributed by atoms with Gasteiger partial charge in [-0.05, 0) is 13.8 Å². The van der Waals surface area contributed by atoms with Crippen molar-refractivity contribution in [2.45, 2.75) is 31.8 Å². The van der Waals surface area contributed by atoms with Gasteiger partial charge in [-0.1, -0.05) is 0 Å². The first kappa shape index (κ1) is 16.1. The van der Waals surface area contributed by atoms with Gasteiger partial charge in [-0.2, -0.15) is 11.8 Å².